The number of nitrogens with one attached hydrogen (secondary N) is 1. The molecule has 5 nitrogen and oxygen atoms in total. The molecule has 4 rings (SSSR count). The zero-order valence-corrected chi connectivity index (χ0v) is 16.9. The van der Waals surface area contributed by atoms with Crippen molar-refractivity contribution in [2.75, 3.05) is 5.32 Å². The lowest BCUT2D eigenvalue weighted by molar-refractivity contribution is 0.101. The molecule has 0 saturated carbocycles. The highest BCUT2D eigenvalue weighted by atomic mass is 19.1. The Kier molecular flexibility index (Phi) is 5.71. The van der Waals surface area contributed by atoms with Gasteiger partial charge in [-0.2, -0.15) is 9.78 Å². The molecule has 1 N–H and O–H groups in total. The smallest absolute Gasteiger partial charge is 0.271 e. The van der Waals surface area contributed by atoms with Gasteiger partial charge < -0.3 is 5.32 Å². The van der Waals surface area contributed by atoms with E-state index in [4.69, 9.17) is 0 Å². The van der Waals surface area contributed by atoms with E-state index in [1.54, 1.807) is 24.3 Å². The third-order valence-corrected chi connectivity index (χ3v) is 4.88. The molecule has 6 heteroatoms. The second-order valence-electron chi connectivity index (χ2n) is 7.15. The Labute approximate surface area is 178 Å². The Bertz CT molecular complexity index is 1300. The van der Waals surface area contributed by atoms with Crippen LogP contribution in [0.25, 0.3) is 5.69 Å². The molecule has 3 aromatic carbocycles. The molecular weight excluding hydrogens is 393 g/mol. The quantitative estimate of drug-likeness (QED) is 0.456. The van der Waals surface area contributed by atoms with E-state index in [9.17, 15) is 14.0 Å². The van der Waals surface area contributed by atoms with Gasteiger partial charge in [-0.15, -0.1) is 0 Å². The standard InChI is InChI=1S/C25H20FN3O2/c1-17(30)22-16-24(29-25(31)11-6-12-27-29)19(13-18-7-3-2-4-8-18)14-23(22)28-21-10-5-9-20(26)15-21/h2-12,14-16,28H,13H2,1H3. The lowest BCUT2D eigenvalue weighted by Crippen LogP contribution is -2.21. The first kappa shape index (κ1) is 20.2. The second-order valence-corrected chi connectivity index (χ2v) is 7.15. The van der Waals surface area contributed by atoms with Gasteiger partial charge >= 0.3 is 0 Å². The largest absolute Gasteiger partial charge is 0.355 e. The maximum absolute atomic E-state index is 13.7. The van der Waals surface area contributed by atoms with Crippen molar-refractivity contribution in [1.82, 2.24) is 9.78 Å². The van der Waals surface area contributed by atoms with Crippen molar-refractivity contribution in [3.8, 4) is 5.69 Å². The molecule has 0 radical (unpaired) electrons. The molecule has 0 unspecified atom stereocenters. The number of carbonyl (C=O) groups is 1. The van der Waals surface area contributed by atoms with Crippen LogP contribution in [0.2, 0.25) is 0 Å². The lowest BCUT2D eigenvalue weighted by Gasteiger charge is -2.17. The third kappa shape index (κ3) is 4.59. The number of aromatic nitrogens is 2. The fraction of sp³-hybridized carbons (Fsp3) is 0.0800. The van der Waals surface area contributed by atoms with Crippen LogP contribution in [-0.2, 0) is 6.42 Å². The van der Waals surface area contributed by atoms with E-state index in [2.05, 4.69) is 10.4 Å². The van der Waals surface area contributed by atoms with Gasteiger partial charge in [-0.25, -0.2) is 4.39 Å². The minimum absolute atomic E-state index is 0.185. The molecule has 0 fully saturated rings. The number of Topliss-reactive ketones (excluding diaryl/α,β-unsaturated/α-hetero) is 1. The van der Waals surface area contributed by atoms with E-state index in [0.29, 0.717) is 29.0 Å². The van der Waals surface area contributed by atoms with Gasteiger partial charge in [0.2, 0.25) is 0 Å². The van der Waals surface area contributed by atoms with Gasteiger partial charge in [0, 0.05) is 29.2 Å². The van der Waals surface area contributed by atoms with E-state index in [1.165, 1.54) is 36.0 Å². The van der Waals surface area contributed by atoms with E-state index in [0.717, 1.165) is 11.1 Å². The summed E-state index contributed by atoms with van der Waals surface area (Å²) in [6.45, 7) is 1.45. The van der Waals surface area contributed by atoms with Crippen molar-refractivity contribution in [3.05, 3.63) is 118 Å². The molecule has 0 aliphatic carbocycles. The van der Waals surface area contributed by atoms with Crippen molar-refractivity contribution in [1.29, 1.82) is 0 Å². The molecule has 0 atom stereocenters. The van der Waals surface area contributed by atoms with Crippen LogP contribution in [0, 0.1) is 5.82 Å². The van der Waals surface area contributed by atoms with Crippen LogP contribution < -0.4 is 10.9 Å². The number of nitrogens with zero attached hydrogens (tertiary/aromatic N) is 2. The summed E-state index contributed by atoms with van der Waals surface area (Å²) in [7, 11) is 0. The molecule has 4 aromatic rings. The zero-order valence-electron chi connectivity index (χ0n) is 16.9. The molecule has 0 aliphatic rings. The molecule has 31 heavy (non-hydrogen) atoms. The average Bonchev–Trinajstić information content (AvgIpc) is 2.75. The summed E-state index contributed by atoms with van der Waals surface area (Å²) in [6.07, 6.45) is 2.05. The summed E-state index contributed by atoms with van der Waals surface area (Å²) in [6, 6.07) is 22.3. The van der Waals surface area contributed by atoms with Crippen LogP contribution in [0.4, 0.5) is 15.8 Å². The maximum Gasteiger partial charge on any atom is 0.271 e. The minimum Gasteiger partial charge on any atom is -0.355 e. The monoisotopic (exact) mass is 413 g/mol. The number of ketones is 1. The van der Waals surface area contributed by atoms with Gasteiger partial charge in [-0.1, -0.05) is 36.4 Å². The SMILES string of the molecule is CC(=O)c1cc(-n2ncccc2=O)c(Cc2ccccc2)cc1Nc1cccc(F)c1. The maximum atomic E-state index is 13.7. The number of hydrogen-bond donors (Lipinski definition) is 1. The molecule has 0 bridgehead atoms. The summed E-state index contributed by atoms with van der Waals surface area (Å²) >= 11 is 0. The van der Waals surface area contributed by atoms with Gasteiger partial charge in [-0.3, -0.25) is 9.59 Å². The van der Waals surface area contributed by atoms with Gasteiger partial charge in [-0.05, 0) is 60.9 Å². The predicted octanol–water partition coefficient (Wildman–Crippen LogP) is 4.91. The van der Waals surface area contributed by atoms with Crippen LogP contribution in [0.5, 0.6) is 0 Å². The van der Waals surface area contributed by atoms with Crippen molar-refractivity contribution in [3.63, 3.8) is 0 Å². The third-order valence-electron chi connectivity index (χ3n) is 4.88. The second kappa shape index (κ2) is 8.75. The zero-order chi connectivity index (χ0) is 21.8. The molecule has 154 valence electrons. The average molecular weight is 413 g/mol. The van der Waals surface area contributed by atoms with Crippen molar-refractivity contribution in [2.24, 2.45) is 0 Å². The number of halogens is 1. The Morgan fingerprint density at radius 3 is 2.52 bits per heavy atom. The van der Waals surface area contributed by atoms with Crippen molar-refractivity contribution < 1.29 is 9.18 Å². The van der Waals surface area contributed by atoms with E-state index < -0.39 is 0 Å². The molecule has 0 spiro atoms. The number of benzene rings is 3. The fourth-order valence-corrected chi connectivity index (χ4v) is 3.44. The van der Waals surface area contributed by atoms with Crippen LogP contribution in [0.1, 0.15) is 28.4 Å². The van der Waals surface area contributed by atoms with Gasteiger partial charge in [0.05, 0.1) is 5.69 Å². The highest BCUT2D eigenvalue weighted by Crippen LogP contribution is 2.29. The summed E-state index contributed by atoms with van der Waals surface area (Å²) in [5.41, 5.74) is 3.53. The predicted molar refractivity (Wildman–Crippen MR) is 119 cm³/mol. The van der Waals surface area contributed by atoms with E-state index >= 15 is 0 Å². The van der Waals surface area contributed by atoms with Crippen LogP contribution >= 0.6 is 0 Å². The molecule has 0 amide bonds. The van der Waals surface area contributed by atoms with Crippen molar-refractivity contribution >= 4 is 17.2 Å². The Morgan fingerprint density at radius 2 is 1.81 bits per heavy atom. The number of rotatable bonds is 6. The first-order valence-electron chi connectivity index (χ1n) is 9.80. The van der Waals surface area contributed by atoms with E-state index in [1.807, 2.05) is 36.4 Å². The first-order chi connectivity index (χ1) is 15.0. The molecule has 1 heterocycles. The highest BCUT2D eigenvalue weighted by molar-refractivity contribution is 6.01. The van der Waals surface area contributed by atoms with Gasteiger partial charge in [0.15, 0.2) is 5.78 Å². The Morgan fingerprint density at radius 1 is 1.00 bits per heavy atom. The topological polar surface area (TPSA) is 64.0 Å². The van der Waals surface area contributed by atoms with Crippen molar-refractivity contribution in [2.45, 2.75) is 13.3 Å². The summed E-state index contributed by atoms with van der Waals surface area (Å²) in [4.78, 5) is 24.9. The highest BCUT2D eigenvalue weighted by Gasteiger charge is 2.16. The van der Waals surface area contributed by atoms with Crippen LogP contribution in [-0.4, -0.2) is 15.6 Å². The Balaban J connectivity index is 1.89. The van der Waals surface area contributed by atoms with Crippen LogP contribution in [0.3, 0.4) is 0 Å². The molecule has 0 saturated heterocycles. The molecule has 1 aromatic heterocycles. The molecule has 0 aliphatic heterocycles. The van der Waals surface area contributed by atoms with E-state index in [-0.39, 0.29) is 17.2 Å². The fourth-order valence-electron chi connectivity index (χ4n) is 3.44. The number of hydrogen-bond acceptors (Lipinski definition) is 4. The normalized spacial score (nSPS) is 10.6. The minimum atomic E-state index is -0.379. The summed E-state index contributed by atoms with van der Waals surface area (Å²) in [5.74, 6) is -0.564. The summed E-state index contributed by atoms with van der Waals surface area (Å²) < 4.78 is 15.0. The first-order valence-corrected chi connectivity index (χ1v) is 9.80. The summed E-state index contributed by atoms with van der Waals surface area (Å²) in [5, 5.41) is 7.34. The number of anilines is 2. The van der Waals surface area contributed by atoms with Gasteiger partial charge in [0.25, 0.3) is 5.56 Å². The molecular formula is C25H20FN3O2. The van der Waals surface area contributed by atoms with Crippen LogP contribution in [0.15, 0.2) is 89.9 Å². The number of carbonyl (C=O) groups excluding carboxylic acids is 1. The van der Waals surface area contributed by atoms with Gasteiger partial charge in [0.1, 0.15) is 5.82 Å². The lowest BCUT2D eigenvalue weighted by atomic mass is 9.98. The Hall–Kier alpha value is -4.06.